The number of hydrogen-bond acceptors (Lipinski definition) is 6. The Morgan fingerprint density at radius 3 is 2.56 bits per heavy atom. The molecule has 1 aliphatic heterocycles. The molecule has 144 valence electrons. The van der Waals surface area contributed by atoms with Gasteiger partial charge in [-0.2, -0.15) is 4.98 Å². The Bertz CT molecular complexity index is 851. The van der Waals surface area contributed by atoms with Gasteiger partial charge < -0.3 is 19.6 Å². The van der Waals surface area contributed by atoms with Crippen molar-refractivity contribution in [3.8, 4) is 11.6 Å². The molecule has 0 radical (unpaired) electrons. The van der Waals surface area contributed by atoms with Crippen molar-refractivity contribution < 1.29 is 14.6 Å². The summed E-state index contributed by atoms with van der Waals surface area (Å²) in [6.07, 6.45) is 0. The molecular formula is C19H23BrN4O3. The predicted octanol–water partition coefficient (Wildman–Crippen LogP) is 2.92. The zero-order valence-corrected chi connectivity index (χ0v) is 17.3. The monoisotopic (exact) mass is 434 g/mol. The predicted molar refractivity (Wildman–Crippen MR) is 107 cm³/mol. The number of benzene rings is 1. The second-order valence-electron chi connectivity index (χ2n) is 6.50. The van der Waals surface area contributed by atoms with Crippen LogP contribution in [-0.2, 0) is 0 Å². The van der Waals surface area contributed by atoms with E-state index in [1.165, 1.54) is 0 Å². The summed E-state index contributed by atoms with van der Waals surface area (Å²) >= 11 is 3.30. The van der Waals surface area contributed by atoms with Gasteiger partial charge in [0.25, 0.3) is 5.91 Å². The van der Waals surface area contributed by atoms with Crippen molar-refractivity contribution in [3.05, 3.63) is 39.5 Å². The van der Waals surface area contributed by atoms with E-state index in [2.05, 4.69) is 25.9 Å². The molecule has 1 aliphatic rings. The lowest BCUT2D eigenvalue weighted by Gasteiger charge is -2.35. The van der Waals surface area contributed by atoms with Crippen LogP contribution >= 0.6 is 15.9 Å². The zero-order valence-electron chi connectivity index (χ0n) is 15.7. The highest BCUT2D eigenvalue weighted by Gasteiger charge is 2.26. The van der Waals surface area contributed by atoms with Crippen LogP contribution in [0.15, 0.2) is 22.7 Å². The molecule has 27 heavy (non-hydrogen) atoms. The highest BCUT2D eigenvalue weighted by atomic mass is 79.9. The molecule has 7 nitrogen and oxygen atoms in total. The fourth-order valence-electron chi connectivity index (χ4n) is 3.07. The third kappa shape index (κ3) is 4.32. The highest BCUT2D eigenvalue weighted by Crippen LogP contribution is 2.30. The van der Waals surface area contributed by atoms with Crippen molar-refractivity contribution in [3.63, 3.8) is 0 Å². The van der Waals surface area contributed by atoms with Gasteiger partial charge in [-0.25, -0.2) is 4.98 Å². The molecule has 1 aromatic carbocycles. The van der Waals surface area contributed by atoms with Gasteiger partial charge in [-0.05, 0) is 54.4 Å². The lowest BCUT2D eigenvalue weighted by Crippen LogP contribution is -2.49. The number of rotatable bonds is 4. The molecule has 0 aliphatic carbocycles. The van der Waals surface area contributed by atoms with Crippen LogP contribution in [0.25, 0.3) is 0 Å². The lowest BCUT2D eigenvalue weighted by molar-refractivity contribution is 0.0743. The summed E-state index contributed by atoms with van der Waals surface area (Å²) in [6, 6.07) is 5.31. The maximum Gasteiger partial charge on any atom is 0.257 e. The largest absolute Gasteiger partial charge is 0.506 e. The van der Waals surface area contributed by atoms with Gasteiger partial charge >= 0.3 is 0 Å². The maximum atomic E-state index is 12.8. The number of phenolic OH excluding ortho intramolecular Hbond substituents is 1. The maximum absolute atomic E-state index is 12.8. The van der Waals surface area contributed by atoms with Crippen LogP contribution in [0.4, 0.5) is 5.95 Å². The third-order valence-electron chi connectivity index (χ3n) is 4.40. The molecule has 2 heterocycles. The molecule has 1 saturated heterocycles. The smallest absolute Gasteiger partial charge is 0.257 e. The summed E-state index contributed by atoms with van der Waals surface area (Å²) in [5, 5.41) is 10.2. The quantitative estimate of drug-likeness (QED) is 0.796. The van der Waals surface area contributed by atoms with Crippen molar-refractivity contribution in [1.29, 1.82) is 0 Å². The fraction of sp³-hybridized carbons (Fsp3) is 0.421. The van der Waals surface area contributed by atoms with E-state index < -0.39 is 0 Å². The first-order chi connectivity index (χ1) is 12.9. The minimum Gasteiger partial charge on any atom is -0.506 e. The number of aromatic hydroxyl groups is 1. The number of ether oxygens (including phenoxy) is 1. The Hall–Kier alpha value is -2.35. The molecule has 1 amide bonds. The molecule has 0 unspecified atom stereocenters. The van der Waals surface area contributed by atoms with Crippen molar-refractivity contribution in [2.45, 2.75) is 20.8 Å². The number of carbonyl (C=O) groups is 1. The van der Waals surface area contributed by atoms with Crippen molar-refractivity contribution in [2.24, 2.45) is 0 Å². The number of anilines is 1. The third-order valence-corrected chi connectivity index (χ3v) is 5.00. The molecule has 2 aromatic rings. The van der Waals surface area contributed by atoms with Crippen LogP contribution in [0.1, 0.15) is 28.5 Å². The molecule has 1 aromatic heterocycles. The molecule has 1 N–H and O–H groups in total. The van der Waals surface area contributed by atoms with Gasteiger partial charge in [0, 0.05) is 37.9 Å². The number of aromatic nitrogens is 2. The number of nitrogens with zero attached hydrogens (tertiary/aromatic N) is 4. The normalized spacial score (nSPS) is 14.4. The topological polar surface area (TPSA) is 78.8 Å². The Kier molecular flexibility index (Phi) is 5.84. The molecule has 1 fully saturated rings. The Balaban J connectivity index is 1.71. The molecule has 0 saturated carbocycles. The number of aryl methyl sites for hydroxylation is 2. The highest BCUT2D eigenvalue weighted by molar-refractivity contribution is 9.10. The van der Waals surface area contributed by atoms with E-state index in [1.54, 1.807) is 17.0 Å². The van der Waals surface area contributed by atoms with Crippen LogP contribution in [0.5, 0.6) is 11.6 Å². The molecule has 8 heteroatoms. The van der Waals surface area contributed by atoms with Crippen molar-refractivity contribution in [1.82, 2.24) is 14.9 Å². The number of piperazine rings is 1. The fourth-order valence-corrected chi connectivity index (χ4v) is 3.64. The molecule has 3 rings (SSSR count). The van der Waals surface area contributed by atoms with Gasteiger partial charge in [-0.1, -0.05) is 0 Å². The SMILES string of the molecule is CCOc1cc(C)nc(N2CCN(C(=O)c3cc(C)cc(Br)c3O)CC2)n1. The van der Waals surface area contributed by atoms with Gasteiger partial charge in [-0.3, -0.25) is 4.79 Å². The number of hydrogen-bond donors (Lipinski definition) is 1. The zero-order chi connectivity index (χ0) is 19.6. The van der Waals surface area contributed by atoms with Crippen LogP contribution in [-0.4, -0.2) is 58.7 Å². The van der Waals surface area contributed by atoms with E-state index in [0.29, 0.717) is 54.7 Å². The van der Waals surface area contributed by atoms with E-state index in [9.17, 15) is 9.90 Å². The first-order valence-electron chi connectivity index (χ1n) is 8.91. The lowest BCUT2D eigenvalue weighted by atomic mass is 10.1. The first kappa shape index (κ1) is 19.4. The summed E-state index contributed by atoms with van der Waals surface area (Å²) in [5.41, 5.74) is 2.08. The number of carbonyl (C=O) groups excluding carboxylic acids is 1. The minimum absolute atomic E-state index is 0.0172. The second kappa shape index (κ2) is 8.12. The van der Waals surface area contributed by atoms with E-state index in [-0.39, 0.29) is 11.7 Å². The number of amides is 1. The van der Waals surface area contributed by atoms with Crippen LogP contribution in [0.2, 0.25) is 0 Å². The Morgan fingerprint density at radius 2 is 1.89 bits per heavy atom. The Labute approximate surface area is 167 Å². The number of phenols is 1. The summed E-state index contributed by atoms with van der Waals surface area (Å²) < 4.78 is 6.03. The summed E-state index contributed by atoms with van der Waals surface area (Å²) in [4.78, 5) is 25.6. The summed E-state index contributed by atoms with van der Waals surface area (Å²) in [6.45, 7) is 8.57. The standard InChI is InChI=1S/C19H23BrN4O3/c1-4-27-16-11-13(3)21-19(22-16)24-7-5-23(6-8-24)18(26)14-9-12(2)10-15(20)17(14)25/h9-11,25H,4-8H2,1-3H3. The molecular weight excluding hydrogens is 412 g/mol. The first-order valence-corrected chi connectivity index (χ1v) is 9.70. The van der Waals surface area contributed by atoms with E-state index in [0.717, 1.165) is 11.3 Å². The molecule has 0 spiro atoms. The Morgan fingerprint density at radius 1 is 1.19 bits per heavy atom. The number of halogens is 1. The van der Waals surface area contributed by atoms with E-state index in [1.807, 2.05) is 31.7 Å². The van der Waals surface area contributed by atoms with E-state index in [4.69, 9.17) is 4.74 Å². The van der Waals surface area contributed by atoms with Gasteiger partial charge in [0.05, 0.1) is 16.6 Å². The van der Waals surface area contributed by atoms with Gasteiger partial charge in [0.2, 0.25) is 11.8 Å². The van der Waals surface area contributed by atoms with Crippen LogP contribution in [0.3, 0.4) is 0 Å². The van der Waals surface area contributed by atoms with Gasteiger partial charge in [0.15, 0.2) is 0 Å². The van der Waals surface area contributed by atoms with Gasteiger partial charge in [-0.15, -0.1) is 0 Å². The summed E-state index contributed by atoms with van der Waals surface area (Å²) in [7, 11) is 0. The second-order valence-corrected chi connectivity index (χ2v) is 7.36. The van der Waals surface area contributed by atoms with Crippen molar-refractivity contribution in [2.75, 3.05) is 37.7 Å². The average molecular weight is 435 g/mol. The summed E-state index contributed by atoms with van der Waals surface area (Å²) in [5.74, 6) is 0.993. The molecule has 0 bridgehead atoms. The average Bonchev–Trinajstić information content (AvgIpc) is 2.64. The minimum atomic E-state index is -0.170. The van der Waals surface area contributed by atoms with Gasteiger partial charge in [0.1, 0.15) is 5.75 Å². The molecule has 0 atom stereocenters. The van der Waals surface area contributed by atoms with Crippen LogP contribution < -0.4 is 9.64 Å². The van der Waals surface area contributed by atoms with Crippen LogP contribution in [0, 0.1) is 13.8 Å². The van der Waals surface area contributed by atoms with Crippen molar-refractivity contribution >= 4 is 27.8 Å². The van der Waals surface area contributed by atoms with E-state index >= 15 is 0 Å².